The molecule has 6 nitrogen and oxygen atoms in total. The number of carbonyl (C=O) groups is 2. The molecule has 1 aromatic rings. The van der Waals surface area contributed by atoms with E-state index >= 15 is 0 Å². The van der Waals surface area contributed by atoms with Gasteiger partial charge in [0.15, 0.2) is 0 Å². The molecule has 7 heteroatoms. The third-order valence-electron chi connectivity index (χ3n) is 5.51. The van der Waals surface area contributed by atoms with E-state index in [-0.39, 0.29) is 18.4 Å². The van der Waals surface area contributed by atoms with Gasteiger partial charge in [-0.1, -0.05) is 24.6 Å². The van der Waals surface area contributed by atoms with Crippen LogP contribution in [-0.2, 0) is 14.3 Å². The Kier molecular flexibility index (Phi) is 6.40. The van der Waals surface area contributed by atoms with Gasteiger partial charge in [-0.3, -0.25) is 14.5 Å². The summed E-state index contributed by atoms with van der Waals surface area (Å²) in [6.45, 7) is 3.23. The fraction of sp³-hybridized carbons (Fsp3) is 0.600. The van der Waals surface area contributed by atoms with E-state index in [0.717, 1.165) is 25.7 Å². The Balaban J connectivity index is 1.87. The van der Waals surface area contributed by atoms with Crippen molar-refractivity contribution in [2.24, 2.45) is 5.92 Å². The summed E-state index contributed by atoms with van der Waals surface area (Å²) >= 11 is 6.08. The van der Waals surface area contributed by atoms with Crippen LogP contribution in [-0.4, -0.2) is 55.3 Å². The number of carbonyl (C=O) groups excluding carboxylic acids is 2. The second kappa shape index (κ2) is 8.59. The maximum absolute atomic E-state index is 13.4. The number of rotatable bonds is 5. The van der Waals surface area contributed by atoms with Gasteiger partial charge in [-0.25, -0.2) is 0 Å². The van der Waals surface area contributed by atoms with Crippen LogP contribution in [0.25, 0.3) is 0 Å². The van der Waals surface area contributed by atoms with Crippen LogP contribution in [0.1, 0.15) is 43.0 Å². The highest BCUT2D eigenvalue weighted by molar-refractivity contribution is 6.31. The molecule has 1 N–H and O–H groups in total. The summed E-state index contributed by atoms with van der Waals surface area (Å²) in [5.74, 6) is 0.172. The lowest BCUT2D eigenvalue weighted by Gasteiger charge is -2.43. The summed E-state index contributed by atoms with van der Waals surface area (Å²) in [7, 11) is 1.58. The first kappa shape index (κ1) is 20.1. The van der Waals surface area contributed by atoms with E-state index in [1.807, 2.05) is 0 Å². The van der Waals surface area contributed by atoms with Gasteiger partial charge in [0.05, 0.1) is 13.2 Å². The average Bonchev–Trinajstić information content (AvgIpc) is 3.03. The monoisotopic (exact) mass is 394 g/mol. The van der Waals surface area contributed by atoms with Gasteiger partial charge in [-0.15, -0.1) is 0 Å². The first-order chi connectivity index (χ1) is 13.0. The quantitative estimate of drug-likeness (QED) is 0.780. The molecular formula is C20H27ClN2O4. The molecule has 27 heavy (non-hydrogen) atoms. The average molecular weight is 395 g/mol. The van der Waals surface area contributed by atoms with Gasteiger partial charge in [0.25, 0.3) is 5.91 Å². The molecule has 2 aliphatic rings. The zero-order chi connectivity index (χ0) is 19.4. The molecule has 2 fully saturated rings. The van der Waals surface area contributed by atoms with E-state index in [4.69, 9.17) is 21.1 Å². The predicted molar refractivity (Wildman–Crippen MR) is 103 cm³/mol. The molecular weight excluding hydrogens is 368 g/mol. The van der Waals surface area contributed by atoms with E-state index in [0.29, 0.717) is 29.7 Å². The van der Waals surface area contributed by atoms with E-state index in [2.05, 4.69) is 12.2 Å². The Hall–Kier alpha value is -1.63. The normalized spacial score (nSPS) is 27.7. The molecule has 1 aliphatic carbocycles. The minimum absolute atomic E-state index is 0.208. The molecule has 0 bridgehead atoms. The zero-order valence-corrected chi connectivity index (χ0v) is 16.6. The fourth-order valence-corrected chi connectivity index (χ4v) is 4.13. The second-order valence-electron chi connectivity index (χ2n) is 7.42. The van der Waals surface area contributed by atoms with Crippen molar-refractivity contribution < 1.29 is 19.1 Å². The highest BCUT2D eigenvalue weighted by Crippen LogP contribution is 2.43. The Bertz CT molecular complexity index is 688. The number of nitrogens with one attached hydrogen (secondary N) is 1. The van der Waals surface area contributed by atoms with Crippen LogP contribution in [0.3, 0.4) is 0 Å². The van der Waals surface area contributed by atoms with Gasteiger partial charge in [-0.05, 0) is 49.8 Å². The summed E-state index contributed by atoms with van der Waals surface area (Å²) in [5.41, 5.74) is -0.240. The number of amides is 2. The van der Waals surface area contributed by atoms with Crippen molar-refractivity contribution in [1.82, 2.24) is 10.2 Å². The van der Waals surface area contributed by atoms with E-state index < -0.39 is 11.8 Å². The molecule has 1 saturated heterocycles. The number of benzene rings is 1. The van der Waals surface area contributed by atoms with Crippen LogP contribution >= 0.6 is 11.6 Å². The number of hydrogen-bond donors (Lipinski definition) is 1. The molecule has 0 radical (unpaired) electrons. The summed E-state index contributed by atoms with van der Waals surface area (Å²) in [6.07, 6.45) is 3.42. The van der Waals surface area contributed by atoms with Crippen molar-refractivity contribution >= 4 is 23.4 Å². The minimum Gasteiger partial charge on any atom is -0.383 e. The largest absolute Gasteiger partial charge is 0.383 e. The van der Waals surface area contributed by atoms with Gasteiger partial charge >= 0.3 is 0 Å². The Labute approximate surface area is 165 Å². The molecule has 1 atom stereocenters. The Morgan fingerprint density at radius 1 is 1.37 bits per heavy atom. The van der Waals surface area contributed by atoms with Crippen molar-refractivity contribution in [3.8, 4) is 0 Å². The van der Waals surface area contributed by atoms with Gasteiger partial charge in [-0.2, -0.15) is 0 Å². The summed E-state index contributed by atoms with van der Waals surface area (Å²) in [5, 5.41) is 3.33. The molecule has 2 amide bonds. The predicted octanol–water partition coefficient (Wildman–Crippen LogP) is 2.85. The second-order valence-corrected chi connectivity index (χ2v) is 7.86. The van der Waals surface area contributed by atoms with Crippen molar-refractivity contribution in [1.29, 1.82) is 0 Å². The molecule has 1 saturated carbocycles. The fourth-order valence-electron chi connectivity index (χ4n) is 3.93. The van der Waals surface area contributed by atoms with Gasteiger partial charge < -0.3 is 14.8 Å². The van der Waals surface area contributed by atoms with Gasteiger partial charge in [0.1, 0.15) is 11.8 Å². The van der Waals surface area contributed by atoms with Crippen LogP contribution in [0.2, 0.25) is 5.02 Å². The molecule has 1 aromatic carbocycles. The van der Waals surface area contributed by atoms with Crippen molar-refractivity contribution in [3.05, 3.63) is 34.9 Å². The number of halogens is 1. The van der Waals surface area contributed by atoms with Gasteiger partial charge in [0, 0.05) is 24.2 Å². The van der Waals surface area contributed by atoms with E-state index in [1.165, 1.54) is 0 Å². The highest BCUT2D eigenvalue weighted by atomic mass is 35.5. The lowest BCUT2D eigenvalue weighted by Crippen LogP contribution is -2.57. The van der Waals surface area contributed by atoms with Crippen molar-refractivity contribution in [3.63, 3.8) is 0 Å². The molecule has 1 heterocycles. The summed E-state index contributed by atoms with van der Waals surface area (Å²) < 4.78 is 11.1. The van der Waals surface area contributed by atoms with Crippen LogP contribution < -0.4 is 5.32 Å². The van der Waals surface area contributed by atoms with Crippen LogP contribution in [0.4, 0.5) is 0 Å². The SMILES string of the molecule is COCCNC(=O)[C@@H]1COC2(CCC(C)CC2)N1C(=O)c1cccc(Cl)c1. The summed E-state index contributed by atoms with van der Waals surface area (Å²) in [6, 6.07) is 6.19. The molecule has 148 valence electrons. The van der Waals surface area contributed by atoms with E-state index in [9.17, 15) is 9.59 Å². The number of nitrogens with zero attached hydrogens (tertiary/aromatic N) is 1. The molecule has 1 aliphatic heterocycles. The third kappa shape index (κ3) is 4.28. The molecule has 0 aromatic heterocycles. The van der Waals surface area contributed by atoms with Crippen LogP contribution in [0.5, 0.6) is 0 Å². The molecule has 3 rings (SSSR count). The highest BCUT2D eigenvalue weighted by Gasteiger charge is 2.53. The van der Waals surface area contributed by atoms with Gasteiger partial charge in [0.2, 0.25) is 5.91 Å². The standard InChI is InChI=1S/C20H27ClN2O4/c1-14-6-8-20(9-7-14)23(19(25)15-4-3-5-16(21)12-15)17(13-27-20)18(24)22-10-11-26-2/h3-5,12,14,17H,6-11,13H2,1-2H3,(H,22,24)/t14?,17-,20?/m0/s1. The van der Waals surface area contributed by atoms with Crippen LogP contribution in [0.15, 0.2) is 24.3 Å². The zero-order valence-electron chi connectivity index (χ0n) is 15.9. The third-order valence-corrected chi connectivity index (χ3v) is 5.75. The van der Waals surface area contributed by atoms with E-state index in [1.54, 1.807) is 36.3 Å². The van der Waals surface area contributed by atoms with Crippen LogP contribution in [0, 0.1) is 5.92 Å². The van der Waals surface area contributed by atoms with Crippen molar-refractivity contribution in [2.45, 2.75) is 44.4 Å². The lowest BCUT2D eigenvalue weighted by atomic mass is 9.83. The number of methoxy groups -OCH3 is 1. The lowest BCUT2D eigenvalue weighted by molar-refractivity contribution is -0.128. The number of ether oxygens (including phenoxy) is 2. The smallest absolute Gasteiger partial charge is 0.256 e. The molecule has 0 unspecified atom stereocenters. The number of hydrogen-bond acceptors (Lipinski definition) is 4. The Morgan fingerprint density at radius 3 is 2.78 bits per heavy atom. The minimum atomic E-state index is -0.713. The maximum Gasteiger partial charge on any atom is 0.256 e. The van der Waals surface area contributed by atoms with Crippen molar-refractivity contribution in [2.75, 3.05) is 26.9 Å². The summed E-state index contributed by atoms with van der Waals surface area (Å²) in [4.78, 5) is 27.8. The topological polar surface area (TPSA) is 67.9 Å². The first-order valence-corrected chi connectivity index (χ1v) is 9.84. The molecule has 1 spiro atoms. The maximum atomic E-state index is 13.4. The first-order valence-electron chi connectivity index (χ1n) is 9.47. The Morgan fingerprint density at radius 2 is 2.11 bits per heavy atom.